The number of piperazine rings is 1. The third-order valence-corrected chi connectivity index (χ3v) is 6.98. The molecule has 0 bridgehead atoms. The molecule has 3 heterocycles. The third kappa shape index (κ3) is 6.05. The van der Waals surface area contributed by atoms with Crippen LogP contribution in [0.15, 0.2) is 60.8 Å². The number of benzene rings is 2. The Morgan fingerprint density at radius 3 is 2.38 bits per heavy atom. The standard InChI is InChI=1S/C29H33N7O4/c1-34-14-16-35(17-15-34)13-12-31-28(37)20-4-7-22(8-5-20)32-29(38)23-19-27-30-11-10-24(36(27)33-23)21-6-9-25(39-2)26(18-21)40-3/h4-11,18-19H,12-17H2,1-3H3,(H,31,37)(H,32,38). The van der Waals surface area contributed by atoms with E-state index in [1.165, 1.54) is 0 Å². The van der Waals surface area contributed by atoms with Crippen LogP contribution in [0, 0.1) is 0 Å². The van der Waals surface area contributed by atoms with Gasteiger partial charge in [-0.1, -0.05) is 0 Å². The summed E-state index contributed by atoms with van der Waals surface area (Å²) in [5, 5.41) is 10.3. The van der Waals surface area contributed by atoms with Crippen molar-refractivity contribution in [3.63, 3.8) is 0 Å². The predicted octanol–water partition coefficient (Wildman–Crippen LogP) is 2.64. The Morgan fingerprint density at radius 1 is 0.900 bits per heavy atom. The van der Waals surface area contributed by atoms with Crippen LogP contribution >= 0.6 is 0 Å². The van der Waals surface area contributed by atoms with Crippen molar-refractivity contribution in [3.05, 3.63) is 72.1 Å². The third-order valence-electron chi connectivity index (χ3n) is 6.98. The Morgan fingerprint density at radius 2 is 1.65 bits per heavy atom. The summed E-state index contributed by atoms with van der Waals surface area (Å²) in [6.07, 6.45) is 1.67. The van der Waals surface area contributed by atoms with Gasteiger partial charge in [-0.15, -0.1) is 0 Å². The van der Waals surface area contributed by atoms with Crippen LogP contribution in [-0.2, 0) is 0 Å². The molecule has 11 nitrogen and oxygen atoms in total. The Bertz CT molecular complexity index is 1490. The van der Waals surface area contributed by atoms with Gasteiger partial charge in [0.1, 0.15) is 0 Å². The van der Waals surface area contributed by atoms with Crippen LogP contribution in [0.2, 0.25) is 0 Å². The number of aromatic nitrogens is 3. The molecule has 1 aliphatic heterocycles. The number of nitrogens with one attached hydrogen (secondary N) is 2. The minimum absolute atomic E-state index is 0.138. The largest absolute Gasteiger partial charge is 0.493 e. The zero-order valence-corrected chi connectivity index (χ0v) is 22.9. The highest BCUT2D eigenvalue weighted by Crippen LogP contribution is 2.32. The predicted molar refractivity (Wildman–Crippen MR) is 152 cm³/mol. The Hall–Kier alpha value is -4.48. The maximum atomic E-state index is 13.0. The van der Waals surface area contributed by atoms with Gasteiger partial charge in [-0.25, -0.2) is 9.50 Å². The minimum Gasteiger partial charge on any atom is -0.493 e. The van der Waals surface area contributed by atoms with Crippen LogP contribution in [0.4, 0.5) is 5.69 Å². The lowest BCUT2D eigenvalue weighted by Gasteiger charge is -2.32. The number of rotatable bonds is 9. The number of amides is 2. The molecule has 2 aromatic carbocycles. The molecule has 0 unspecified atom stereocenters. The number of anilines is 1. The van der Waals surface area contributed by atoms with E-state index in [0.29, 0.717) is 34.9 Å². The summed E-state index contributed by atoms with van der Waals surface area (Å²) in [6.45, 7) is 5.54. The first-order chi connectivity index (χ1) is 19.4. The summed E-state index contributed by atoms with van der Waals surface area (Å²) in [6, 6.07) is 15.8. The Labute approximate surface area is 232 Å². The molecular weight excluding hydrogens is 510 g/mol. The molecule has 5 rings (SSSR count). The molecule has 1 saturated heterocycles. The van der Waals surface area contributed by atoms with Gasteiger partial charge in [-0.2, -0.15) is 5.10 Å². The van der Waals surface area contributed by atoms with Crippen molar-refractivity contribution in [1.82, 2.24) is 29.7 Å². The Balaban J connectivity index is 1.22. The van der Waals surface area contributed by atoms with E-state index < -0.39 is 0 Å². The number of methoxy groups -OCH3 is 2. The van der Waals surface area contributed by atoms with Gasteiger partial charge in [-0.05, 0) is 55.6 Å². The molecule has 0 atom stereocenters. The fourth-order valence-electron chi connectivity index (χ4n) is 4.62. The summed E-state index contributed by atoms with van der Waals surface area (Å²) in [7, 11) is 5.28. The number of nitrogens with zero attached hydrogens (tertiary/aromatic N) is 5. The average Bonchev–Trinajstić information content (AvgIpc) is 3.43. The molecule has 0 aliphatic carbocycles. The number of fused-ring (bicyclic) bond motifs is 1. The van der Waals surface area contributed by atoms with Crippen LogP contribution < -0.4 is 20.1 Å². The monoisotopic (exact) mass is 543 g/mol. The fraction of sp³-hybridized carbons (Fsp3) is 0.310. The van der Waals surface area contributed by atoms with E-state index in [1.807, 2.05) is 24.3 Å². The lowest BCUT2D eigenvalue weighted by molar-refractivity contribution is 0.0940. The zero-order chi connectivity index (χ0) is 28.1. The number of carbonyl (C=O) groups excluding carboxylic acids is 2. The number of ether oxygens (including phenoxy) is 2. The quantitative estimate of drug-likeness (QED) is 0.331. The molecule has 11 heteroatoms. The topological polar surface area (TPSA) is 113 Å². The van der Waals surface area contributed by atoms with Crippen LogP contribution in [0.3, 0.4) is 0 Å². The van der Waals surface area contributed by atoms with Gasteiger partial charge in [0.05, 0.1) is 19.9 Å². The lowest BCUT2D eigenvalue weighted by atomic mass is 10.1. The number of hydrogen-bond donors (Lipinski definition) is 2. The minimum atomic E-state index is -0.381. The molecule has 2 N–H and O–H groups in total. The van der Waals surface area contributed by atoms with Crippen LogP contribution in [-0.4, -0.2) is 96.7 Å². The van der Waals surface area contributed by atoms with E-state index in [4.69, 9.17) is 9.47 Å². The second kappa shape index (κ2) is 12.1. The van der Waals surface area contributed by atoms with Crippen molar-refractivity contribution in [1.29, 1.82) is 0 Å². The van der Waals surface area contributed by atoms with Crippen molar-refractivity contribution < 1.29 is 19.1 Å². The van der Waals surface area contributed by atoms with E-state index >= 15 is 0 Å². The molecule has 0 radical (unpaired) electrons. The van der Waals surface area contributed by atoms with E-state index in [1.54, 1.807) is 55.3 Å². The molecule has 1 aliphatic rings. The zero-order valence-electron chi connectivity index (χ0n) is 22.9. The highest BCUT2D eigenvalue weighted by atomic mass is 16.5. The van der Waals surface area contributed by atoms with Gasteiger partial charge in [0.15, 0.2) is 22.8 Å². The molecule has 208 valence electrons. The fourth-order valence-corrected chi connectivity index (χ4v) is 4.62. The van der Waals surface area contributed by atoms with Crippen LogP contribution in [0.5, 0.6) is 11.5 Å². The molecule has 1 fully saturated rings. The SMILES string of the molecule is COc1ccc(-c2ccnc3cc(C(=O)Nc4ccc(C(=O)NCCN5CCN(C)CC5)cc4)nn23)cc1OC. The van der Waals surface area contributed by atoms with Gasteiger partial charge >= 0.3 is 0 Å². The van der Waals surface area contributed by atoms with E-state index in [0.717, 1.165) is 44.0 Å². The molecule has 0 saturated carbocycles. The number of hydrogen-bond acceptors (Lipinski definition) is 8. The molecule has 2 amide bonds. The highest BCUT2D eigenvalue weighted by molar-refractivity contribution is 6.04. The molecule has 0 spiro atoms. The summed E-state index contributed by atoms with van der Waals surface area (Å²) >= 11 is 0. The van der Waals surface area contributed by atoms with Crippen LogP contribution in [0.25, 0.3) is 16.9 Å². The van der Waals surface area contributed by atoms with Crippen LogP contribution in [0.1, 0.15) is 20.8 Å². The van der Waals surface area contributed by atoms with Crippen molar-refractivity contribution in [3.8, 4) is 22.8 Å². The first kappa shape index (κ1) is 27.1. The Kier molecular flexibility index (Phi) is 8.23. The first-order valence-electron chi connectivity index (χ1n) is 13.1. The molecule has 2 aromatic heterocycles. The van der Waals surface area contributed by atoms with Gasteiger partial charge in [-0.3, -0.25) is 14.5 Å². The van der Waals surface area contributed by atoms with Gasteiger partial charge in [0.25, 0.3) is 11.8 Å². The summed E-state index contributed by atoms with van der Waals surface area (Å²) in [4.78, 5) is 34.6. The maximum absolute atomic E-state index is 13.0. The summed E-state index contributed by atoms with van der Waals surface area (Å²) in [5.41, 5.74) is 3.41. The van der Waals surface area contributed by atoms with Crippen molar-refractivity contribution in [2.45, 2.75) is 0 Å². The lowest BCUT2D eigenvalue weighted by Crippen LogP contribution is -2.46. The molecule has 4 aromatic rings. The number of carbonyl (C=O) groups is 2. The van der Waals surface area contributed by atoms with E-state index in [9.17, 15) is 9.59 Å². The summed E-state index contributed by atoms with van der Waals surface area (Å²) < 4.78 is 12.4. The van der Waals surface area contributed by atoms with E-state index in [2.05, 4.69) is 37.6 Å². The van der Waals surface area contributed by atoms with Gasteiger partial charge in [0.2, 0.25) is 0 Å². The van der Waals surface area contributed by atoms with Crippen molar-refractivity contribution in [2.24, 2.45) is 0 Å². The normalized spacial score (nSPS) is 14.2. The summed E-state index contributed by atoms with van der Waals surface area (Å²) in [5.74, 6) is 0.683. The second-order valence-electron chi connectivity index (χ2n) is 9.63. The molecular formula is C29H33N7O4. The molecule has 40 heavy (non-hydrogen) atoms. The smallest absolute Gasteiger partial charge is 0.276 e. The second-order valence-corrected chi connectivity index (χ2v) is 9.63. The average molecular weight is 544 g/mol. The highest BCUT2D eigenvalue weighted by Gasteiger charge is 2.17. The van der Waals surface area contributed by atoms with Crippen molar-refractivity contribution in [2.75, 3.05) is 65.9 Å². The maximum Gasteiger partial charge on any atom is 0.276 e. The number of likely N-dealkylation sites (N-methyl/N-ethyl adjacent to an activating group) is 1. The van der Waals surface area contributed by atoms with E-state index in [-0.39, 0.29) is 17.5 Å². The van der Waals surface area contributed by atoms with Gasteiger partial charge < -0.3 is 25.0 Å². The van der Waals surface area contributed by atoms with Crippen molar-refractivity contribution >= 4 is 23.1 Å². The van der Waals surface area contributed by atoms with Gasteiger partial charge in [0, 0.05) is 68.3 Å². The first-order valence-corrected chi connectivity index (χ1v) is 13.1.